The molecule has 1 aromatic heterocycles. The molecule has 0 aliphatic heterocycles. The molecule has 2 N–H and O–H groups in total. The molecule has 0 aliphatic carbocycles. The predicted molar refractivity (Wildman–Crippen MR) is 109 cm³/mol. The lowest BCUT2D eigenvalue weighted by Gasteiger charge is -2.11. The number of thioether (sulfide) groups is 1. The van der Waals surface area contributed by atoms with Crippen molar-refractivity contribution in [2.45, 2.75) is 18.4 Å². The van der Waals surface area contributed by atoms with E-state index in [0.717, 1.165) is 30.5 Å². The van der Waals surface area contributed by atoms with Crippen molar-refractivity contribution in [3.8, 4) is 0 Å². The second kappa shape index (κ2) is 11.3. The molecule has 0 atom stereocenters. The summed E-state index contributed by atoms with van der Waals surface area (Å²) in [4.78, 5) is 5.88. The molecule has 0 radical (unpaired) electrons. The third-order valence-corrected chi connectivity index (χ3v) is 4.09. The summed E-state index contributed by atoms with van der Waals surface area (Å²) in [5, 5.41) is 10.8. The summed E-state index contributed by atoms with van der Waals surface area (Å²) in [6.07, 6.45) is 1.79. The molecule has 0 saturated heterocycles. The number of aliphatic imine (C=N–C) groups is 1. The van der Waals surface area contributed by atoms with Crippen LogP contribution in [-0.2, 0) is 13.6 Å². The van der Waals surface area contributed by atoms with E-state index in [1.165, 1.54) is 4.90 Å². The number of halogens is 1. The van der Waals surface area contributed by atoms with Gasteiger partial charge in [0.05, 0.1) is 12.2 Å². The number of rotatable bonds is 7. The minimum atomic E-state index is 0. The van der Waals surface area contributed by atoms with E-state index in [1.807, 2.05) is 35.6 Å². The normalized spacial score (nSPS) is 11.0. The van der Waals surface area contributed by atoms with Crippen LogP contribution < -0.4 is 10.6 Å². The van der Waals surface area contributed by atoms with E-state index in [-0.39, 0.29) is 24.0 Å². The zero-order chi connectivity index (χ0) is 15.6. The standard InChI is InChI=1S/C16H23N5S.HI/c1-3-17-16(19-13-14-9-10-20-21(14)2)18-11-12-22-15-7-5-4-6-8-15;/h4-10H,3,11-13H2,1-2H3,(H2,17,18,19);1H. The monoisotopic (exact) mass is 445 g/mol. The average Bonchev–Trinajstić information content (AvgIpc) is 2.95. The average molecular weight is 445 g/mol. The highest BCUT2D eigenvalue weighted by Crippen LogP contribution is 2.15. The van der Waals surface area contributed by atoms with E-state index in [1.54, 1.807) is 6.20 Å². The zero-order valence-electron chi connectivity index (χ0n) is 13.5. The summed E-state index contributed by atoms with van der Waals surface area (Å²) in [6, 6.07) is 12.4. The molecule has 23 heavy (non-hydrogen) atoms. The van der Waals surface area contributed by atoms with Gasteiger partial charge in [-0.1, -0.05) is 18.2 Å². The van der Waals surface area contributed by atoms with Crippen LogP contribution in [0.3, 0.4) is 0 Å². The number of hydrogen-bond acceptors (Lipinski definition) is 3. The molecule has 0 amide bonds. The van der Waals surface area contributed by atoms with E-state index in [4.69, 9.17) is 0 Å². The van der Waals surface area contributed by atoms with Crippen LogP contribution in [0.4, 0.5) is 0 Å². The Morgan fingerprint density at radius 1 is 1.22 bits per heavy atom. The van der Waals surface area contributed by atoms with Crippen LogP contribution in [0.2, 0.25) is 0 Å². The van der Waals surface area contributed by atoms with Crippen LogP contribution >= 0.6 is 35.7 Å². The van der Waals surface area contributed by atoms with E-state index in [0.29, 0.717) is 6.54 Å². The van der Waals surface area contributed by atoms with Gasteiger partial charge in [0.25, 0.3) is 0 Å². The van der Waals surface area contributed by atoms with Crippen LogP contribution in [0, 0.1) is 0 Å². The number of hydrogen-bond donors (Lipinski definition) is 2. The second-order valence-electron chi connectivity index (χ2n) is 4.73. The lowest BCUT2D eigenvalue weighted by atomic mass is 10.4. The van der Waals surface area contributed by atoms with Crippen molar-refractivity contribution in [1.82, 2.24) is 20.4 Å². The van der Waals surface area contributed by atoms with Gasteiger partial charge >= 0.3 is 0 Å². The summed E-state index contributed by atoms with van der Waals surface area (Å²) >= 11 is 1.84. The Morgan fingerprint density at radius 3 is 2.65 bits per heavy atom. The second-order valence-corrected chi connectivity index (χ2v) is 5.90. The Morgan fingerprint density at radius 2 is 2.00 bits per heavy atom. The van der Waals surface area contributed by atoms with E-state index < -0.39 is 0 Å². The molecule has 5 nitrogen and oxygen atoms in total. The summed E-state index contributed by atoms with van der Waals surface area (Å²) in [5.74, 6) is 1.84. The van der Waals surface area contributed by atoms with Crippen molar-refractivity contribution in [3.63, 3.8) is 0 Å². The largest absolute Gasteiger partial charge is 0.357 e. The number of aryl methyl sites for hydroxylation is 1. The first kappa shape index (κ1) is 19.8. The fourth-order valence-electron chi connectivity index (χ4n) is 1.91. The maximum absolute atomic E-state index is 4.59. The minimum absolute atomic E-state index is 0. The fourth-order valence-corrected chi connectivity index (χ4v) is 2.70. The predicted octanol–water partition coefficient (Wildman–Crippen LogP) is 2.89. The zero-order valence-corrected chi connectivity index (χ0v) is 16.7. The highest BCUT2D eigenvalue weighted by molar-refractivity contribution is 14.0. The van der Waals surface area contributed by atoms with Crippen LogP contribution in [0.25, 0.3) is 0 Å². The number of guanidine groups is 1. The van der Waals surface area contributed by atoms with Gasteiger partial charge in [0, 0.05) is 37.0 Å². The van der Waals surface area contributed by atoms with Gasteiger partial charge in [-0.25, -0.2) is 4.99 Å². The molecule has 0 unspecified atom stereocenters. The molecule has 0 saturated carbocycles. The molecular weight excluding hydrogens is 421 g/mol. The molecule has 2 aromatic rings. The first-order valence-electron chi connectivity index (χ1n) is 7.46. The summed E-state index contributed by atoms with van der Waals surface area (Å²) < 4.78 is 1.85. The fraction of sp³-hybridized carbons (Fsp3) is 0.375. The Bertz CT molecular complexity index is 585. The van der Waals surface area contributed by atoms with E-state index >= 15 is 0 Å². The number of aromatic nitrogens is 2. The third-order valence-electron chi connectivity index (χ3n) is 3.07. The van der Waals surface area contributed by atoms with Crippen LogP contribution in [0.5, 0.6) is 0 Å². The Hall–Kier alpha value is -1.22. The van der Waals surface area contributed by atoms with Gasteiger partial charge in [-0.3, -0.25) is 4.68 Å². The highest BCUT2D eigenvalue weighted by Gasteiger charge is 2.00. The molecule has 7 heteroatoms. The van der Waals surface area contributed by atoms with Crippen molar-refractivity contribution in [3.05, 3.63) is 48.3 Å². The lowest BCUT2D eigenvalue weighted by molar-refractivity contribution is 0.708. The number of nitrogens with one attached hydrogen (secondary N) is 2. The van der Waals surface area contributed by atoms with Gasteiger partial charge in [-0.2, -0.15) is 5.10 Å². The summed E-state index contributed by atoms with van der Waals surface area (Å²) in [6.45, 7) is 4.41. The molecule has 0 aliphatic rings. The molecule has 1 aromatic carbocycles. The van der Waals surface area contributed by atoms with E-state index in [9.17, 15) is 0 Å². The van der Waals surface area contributed by atoms with Crippen molar-refractivity contribution in [1.29, 1.82) is 0 Å². The number of benzene rings is 1. The van der Waals surface area contributed by atoms with Crippen LogP contribution in [0.1, 0.15) is 12.6 Å². The first-order valence-corrected chi connectivity index (χ1v) is 8.45. The van der Waals surface area contributed by atoms with Gasteiger partial charge in [0.2, 0.25) is 0 Å². The van der Waals surface area contributed by atoms with Crippen molar-refractivity contribution >= 4 is 41.7 Å². The topological polar surface area (TPSA) is 54.2 Å². The molecule has 1 heterocycles. The third kappa shape index (κ3) is 7.26. The molecule has 0 fully saturated rings. The maximum atomic E-state index is 4.59. The van der Waals surface area contributed by atoms with Gasteiger partial charge in [-0.15, -0.1) is 35.7 Å². The number of nitrogens with zero attached hydrogens (tertiary/aromatic N) is 3. The van der Waals surface area contributed by atoms with Crippen LogP contribution in [0.15, 0.2) is 52.5 Å². The van der Waals surface area contributed by atoms with Crippen molar-refractivity contribution in [2.75, 3.05) is 18.8 Å². The molecule has 0 spiro atoms. The Labute approximate surface area is 159 Å². The Kier molecular flexibility index (Phi) is 9.77. The first-order chi connectivity index (χ1) is 10.8. The maximum Gasteiger partial charge on any atom is 0.191 e. The van der Waals surface area contributed by atoms with Gasteiger partial charge in [0.1, 0.15) is 0 Å². The summed E-state index contributed by atoms with van der Waals surface area (Å²) in [7, 11) is 1.93. The Balaban J connectivity index is 0.00000264. The molecule has 126 valence electrons. The molecule has 2 rings (SSSR count). The van der Waals surface area contributed by atoms with E-state index in [2.05, 4.69) is 51.9 Å². The summed E-state index contributed by atoms with van der Waals surface area (Å²) in [5.41, 5.74) is 1.09. The van der Waals surface area contributed by atoms with Gasteiger partial charge < -0.3 is 10.6 Å². The lowest BCUT2D eigenvalue weighted by Crippen LogP contribution is -2.38. The SMILES string of the molecule is CCNC(=NCc1ccnn1C)NCCSc1ccccc1.I. The smallest absolute Gasteiger partial charge is 0.191 e. The van der Waals surface area contributed by atoms with Crippen molar-refractivity contribution < 1.29 is 0 Å². The van der Waals surface area contributed by atoms with Gasteiger partial charge in [0.15, 0.2) is 5.96 Å². The molecule has 0 bridgehead atoms. The quantitative estimate of drug-likeness (QED) is 0.226. The highest BCUT2D eigenvalue weighted by atomic mass is 127. The van der Waals surface area contributed by atoms with Crippen LogP contribution in [-0.4, -0.2) is 34.6 Å². The van der Waals surface area contributed by atoms with Gasteiger partial charge in [-0.05, 0) is 25.1 Å². The van der Waals surface area contributed by atoms with Crippen molar-refractivity contribution in [2.24, 2.45) is 12.0 Å². The minimum Gasteiger partial charge on any atom is -0.357 e. The molecular formula is C16H24IN5S.